The summed E-state index contributed by atoms with van der Waals surface area (Å²) in [5, 5.41) is 11.6. The van der Waals surface area contributed by atoms with Gasteiger partial charge in [0, 0.05) is 5.56 Å². The first-order chi connectivity index (χ1) is 12.7. The lowest BCUT2D eigenvalue weighted by atomic mass is 10.1. The van der Waals surface area contributed by atoms with Crippen molar-refractivity contribution in [3.05, 3.63) is 58.4 Å². The number of nitrogens with zero attached hydrogens (tertiary/aromatic N) is 3. The number of hydrogen-bond donors (Lipinski definition) is 1. The molecule has 26 heavy (non-hydrogen) atoms. The topological polar surface area (TPSA) is 64.4 Å². The van der Waals surface area contributed by atoms with E-state index in [-0.39, 0.29) is 0 Å². The van der Waals surface area contributed by atoms with E-state index < -0.39 is 0 Å². The Balaban J connectivity index is 1.96. The molecule has 0 spiro atoms. The number of nitrogens with one attached hydrogen (secondary N) is 1. The zero-order valence-electron chi connectivity index (χ0n) is 14.9. The predicted molar refractivity (Wildman–Crippen MR) is 105 cm³/mol. The van der Waals surface area contributed by atoms with Crippen LogP contribution in [0.2, 0.25) is 0 Å². The van der Waals surface area contributed by atoms with Crippen molar-refractivity contribution in [2.75, 3.05) is 14.2 Å². The highest BCUT2D eigenvalue weighted by molar-refractivity contribution is 7.71. The van der Waals surface area contributed by atoms with E-state index in [1.807, 2.05) is 30.3 Å². The molecule has 1 N–H and O–H groups in total. The number of hydrogen-bond acceptors (Lipinski definition) is 5. The fourth-order valence-electron chi connectivity index (χ4n) is 2.52. The van der Waals surface area contributed by atoms with Gasteiger partial charge in [0.1, 0.15) is 0 Å². The highest BCUT2D eigenvalue weighted by Gasteiger charge is 2.12. The minimum absolute atomic E-state index is 0.413. The fraction of sp³-hybridized carbons (Fsp3) is 0.211. The number of aromatic amines is 1. The summed E-state index contributed by atoms with van der Waals surface area (Å²) in [5.74, 6) is 1.86. The third-order valence-corrected chi connectivity index (χ3v) is 4.27. The Bertz CT molecular complexity index is 974. The molecular formula is C19H20N4O2S. The van der Waals surface area contributed by atoms with E-state index in [1.54, 1.807) is 25.1 Å². The van der Waals surface area contributed by atoms with Crippen molar-refractivity contribution in [3.63, 3.8) is 0 Å². The molecule has 0 unspecified atom stereocenters. The van der Waals surface area contributed by atoms with Crippen LogP contribution >= 0.6 is 12.2 Å². The number of aromatic nitrogens is 3. The molecule has 0 atom stereocenters. The molecule has 7 heteroatoms. The number of H-pyrrole nitrogens is 1. The van der Waals surface area contributed by atoms with Crippen molar-refractivity contribution in [1.82, 2.24) is 14.9 Å². The zero-order chi connectivity index (χ0) is 18.5. The molecule has 0 fully saturated rings. The van der Waals surface area contributed by atoms with Crippen LogP contribution in [0.15, 0.2) is 47.6 Å². The minimum atomic E-state index is 0.413. The lowest BCUT2D eigenvalue weighted by Gasteiger charge is -2.09. The lowest BCUT2D eigenvalue weighted by Crippen LogP contribution is -1.97. The molecule has 134 valence electrons. The Morgan fingerprint density at radius 3 is 2.50 bits per heavy atom. The standard InChI is InChI=1S/C19H20N4O2S/c1-4-13-5-7-14(8-6-13)12-20-23-18(21-22-19(23)26)15-9-10-16(24-2)17(11-15)25-3/h5-12H,4H2,1-3H3,(H,22,26). The lowest BCUT2D eigenvalue weighted by molar-refractivity contribution is 0.355. The van der Waals surface area contributed by atoms with Gasteiger partial charge in [0.2, 0.25) is 4.77 Å². The third-order valence-electron chi connectivity index (χ3n) is 4.00. The third kappa shape index (κ3) is 3.67. The molecular weight excluding hydrogens is 348 g/mol. The Morgan fingerprint density at radius 2 is 1.85 bits per heavy atom. The predicted octanol–water partition coefficient (Wildman–Crippen LogP) is 4.07. The molecule has 1 heterocycles. The molecule has 0 saturated heterocycles. The molecule has 3 rings (SSSR count). The van der Waals surface area contributed by atoms with Crippen LogP contribution in [0.5, 0.6) is 11.5 Å². The van der Waals surface area contributed by atoms with Crippen molar-refractivity contribution in [2.24, 2.45) is 5.10 Å². The van der Waals surface area contributed by atoms with Gasteiger partial charge in [-0.15, -0.1) is 0 Å². The van der Waals surface area contributed by atoms with Gasteiger partial charge in [-0.25, -0.2) is 5.10 Å². The van der Waals surface area contributed by atoms with Gasteiger partial charge in [-0.3, -0.25) is 0 Å². The van der Waals surface area contributed by atoms with Crippen LogP contribution in [0.3, 0.4) is 0 Å². The summed E-state index contributed by atoms with van der Waals surface area (Å²) in [7, 11) is 3.19. The number of benzene rings is 2. The van der Waals surface area contributed by atoms with Crippen molar-refractivity contribution < 1.29 is 9.47 Å². The summed E-state index contributed by atoms with van der Waals surface area (Å²) in [5.41, 5.74) is 3.09. The Labute approximate surface area is 157 Å². The van der Waals surface area contributed by atoms with Crippen molar-refractivity contribution in [2.45, 2.75) is 13.3 Å². The zero-order valence-corrected chi connectivity index (χ0v) is 15.7. The van der Waals surface area contributed by atoms with Crippen LogP contribution < -0.4 is 9.47 Å². The summed E-state index contributed by atoms with van der Waals surface area (Å²) < 4.78 is 12.6. The average Bonchev–Trinajstić information content (AvgIpc) is 3.06. The second-order valence-corrected chi connectivity index (χ2v) is 5.96. The van der Waals surface area contributed by atoms with Gasteiger partial charge in [0.25, 0.3) is 0 Å². The first-order valence-electron chi connectivity index (χ1n) is 8.19. The van der Waals surface area contributed by atoms with E-state index in [1.165, 1.54) is 5.56 Å². The second-order valence-electron chi connectivity index (χ2n) is 5.57. The van der Waals surface area contributed by atoms with Crippen LogP contribution in [0.4, 0.5) is 0 Å². The second kappa shape index (κ2) is 7.97. The number of ether oxygens (including phenoxy) is 2. The summed E-state index contributed by atoms with van der Waals surface area (Å²) in [6.45, 7) is 2.13. The van der Waals surface area contributed by atoms with Crippen LogP contribution in [-0.2, 0) is 6.42 Å². The molecule has 0 aliphatic carbocycles. The van der Waals surface area contributed by atoms with E-state index in [9.17, 15) is 0 Å². The average molecular weight is 368 g/mol. The number of methoxy groups -OCH3 is 2. The summed E-state index contributed by atoms with van der Waals surface area (Å²) >= 11 is 5.31. The van der Waals surface area contributed by atoms with Crippen LogP contribution in [-0.4, -0.2) is 35.3 Å². The van der Waals surface area contributed by atoms with Gasteiger partial charge in [0.15, 0.2) is 17.3 Å². The van der Waals surface area contributed by atoms with Crippen molar-refractivity contribution in [3.8, 4) is 22.9 Å². The van der Waals surface area contributed by atoms with Crippen LogP contribution in [0, 0.1) is 4.77 Å². The largest absolute Gasteiger partial charge is 0.493 e. The normalized spacial score (nSPS) is 11.0. The molecule has 2 aromatic carbocycles. The molecule has 0 amide bonds. The monoisotopic (exact) mass is 368 g/mol. The summed E-state index contributed by atoms with van der Waals surface area (Å²) in [4.78, 5) is 0. The smallest absolute Gasteiger partial charge is 0.216 e. The first-order valence-corrected chi connectivity index (χ1v) is 8.60. The van der Waals surface area contributed by atoms with Crippen LogP contribution in [0.1, 0.15) is 18.1 Å². The van der Waals surface area contributed by atoms with Crippen molar-refractivity contribution >= 4 is 18.4 Å². The van der Waals surface area contributed by atoms with Crippen molar-refractivity contribution in [1.29, 1.82) is 0 Å². The van der Waals surface area contributed by atoms with Gasteiger partial charge >= 0.3 is 0 Å². The molecule has 0 bridgehead atoms. The highest BCUT2D eigenvalue weighted by atomic mass is 32.1. The van der Waals surface area contributed by atoms with E-state index in [2.05, 4.69) is 34.4 Å². The number of rotatable bonds is 6. The van der Waals surface area contributed by atoms with E-state index in [0.717, 1.165) is 17.5 Å². The van der Waals surface area contributed by atoms with Gasteiger partial charge in [-0.1, -0.05) is 31.2 Å². The Hall–Kier alpha value is -2.93. The highest BCUT2D eigenvalue weighted by Crippen LogP contribution is 2.31. The fourth-order valence-corrected chi connectivity index (χ4v) is 2.70. The molecule has 0 aliphatic heterocycles. The van der Waals surface area contributed by atoms with Gasteiger partial charge in [-0.2, -0.15) is 14.9 Å². The van der Waals surface area contributed by atoms with E-state index in [4.69, 9.17) is 21.7 Å². The Kier molecular flexibility index (Phi) is 5.48. The molecule has 3 aromatic rings. The number of aryl methyl sites for hydroxylation is 1. The quantitative estimate of drug-likeness (QED) is 0.526. The molecule has 6 nitrogen and oxygen atoms in total. The van der Waals surface area contributed by atoms with Gasteiger partial charge in [-0.05, 0) is 48.0 Å². The molecule has 0 aliphatic rings. The molecule has 0 saturated carbocycles. The SMILES string of the molecule is CCc1ccc(C=Nn2c(-c3ccc(OC)c(OC)c3)n[nH]c2=S)cc1. The maximum absolute atomic E-state index is 5.36. The minimum Gasteiger partial charge on any atom is -0.493 e. The van der Waals surface area contributed by atoms with E-state index in [0.29, 0.717) is 22.1 Å². The van der Waals surface area contributed by atoms with Gasteiger partial charge in [0.05, 0.1) is 20.4 Å². The maximum Gasteiger partial charge on any atom is 0.216 e. The first kappa shape index (κ1) is 17.9. The Morgan fingerprint density at radius 1 is 1.12 bits per heavy atom. The molecule has 1 aromatic heterocycles. The maximum atomic E-state index is 5.36. The van der Waals surface area contributed by atoms with Crippen LogP contribution in [0.25, 0.3) is 11.4 Å². The summed E-state index contributed by atoms with van der Waals surface area (Å²) in [6, 6.07) is 13.8. The molecule has 0 radical (unpaired) electrons. The van der Waals surface area contributed by atoms with Gasteiger partial charge < -0.3 is 9.47 Å². The summed E-state index contributed by atoms with van der Waals surface area (Å²) in [6.07, 6.45) is 2.77. The van der Waals surface area contributed by atoms with E-state index >= 15 is 0 Å².